The van der Waals surface area contributed by atoms with Crippen LogP contribution in [-0.2, 0) is 4.74 Å². The zero-order chi connectivity index (χ0) is 16.5. The Kier molecular flexibility index (Phi) is 4.82. The van der Waals surface area contributed by atoms with Crippen molar-refractivity contribution in [3.63, 3.8) is 0 Å². The predicted molar refractivity (Wildman–Crippen MR) is 93.4 cm³/mol. The van der Waals surface area contributed by atoms with Gasteiger partial charge in [-0.05, 0) is 22.7 Å². The number of hydrogen-bond acceptors (Lipinski definition) is 2. The Morgan fingerprint density at radius 3 is 2.09 bits per heavy atom. The molecule has 1 aliphatic rings. The second-order valence-corrected chi connectivity index (χ2v) is 12.6. The molecule has 1 aliphatic heterocycles. The molecule has 1 unspecified atom stereocenters. The molecule has 0 N–H and O–H groups in total. The molecule has 118 valence electrons. The van der Waals surface area contributed by atoms with Crippen LogP contribution >= 0.6 is 0 Å². The van der Waals surface area contributed by atoms with Crippen molar-refractivity contribution in [1.29, 1.82) is 0 Å². The van der Waals surface area contributed by atoms with E-state index in [0.717, 1.165) is 5.56 Å². The minimum atomic E-state index is -1.79. The van der Waals surface area contributed by atoms with Gasteiger partial charge in [0.2, 0.25) is 0 Å². The van der Waals surface area contributed by atoms with Gasteiger partial charge in [-0.15, -0.1) is 5.54 Å². The lowest BCUT2D eigenvalue weighted by atomic mass is 10.1. The molecule has 3 heteroatoms. The van der Waals surface area contributed by atoms with Gasteiger partial charge in [-0.25, -0.2) is 4.79 Å². The Hall–Kier alpha value is -1.53. The smallest absolute Gasteiger partial charge is 0.340 e. The first-order valence-corrected chi connectivity index (χ1v) is 10.4. The average Bonchev–Trinajstić information content (AvgIpc) is 2.76. The molecule has 0 amide bonds. The summed E-state index contributed by atoms with van der Waals surface area (Å²) >= 11 is 0. The van der Waals surface area contributed by atoms with Crippen LogP contribution in [0.15, 0.2) is 24.3 Å². The molecular weight excluding hydrogens is 288 g/mol. The number of rotatable bonds is 3. The lowest BCUT2D eigenvalue weighted by Gasteiger charge is -2.38. The maximum Gasteiger partial charge on any atom is 0.340 e. The van der Waals surface area contributed by atoms with Crippen LogP contribution in [0.25, 0.3) is 0 Å². The number of carbonyl (C=O) groups is 1. The van der Waals surface area contributed by atoms with Crippen molar-refractivity contribution in [3.8, 4) is 11.5 Å². The van der Waals surface area contributed by atoms with Crippen LogP contribution in [0.1, 0.15) is 63.6 Å². The van der Waals surface area contributed by atoms with Gasteiger partial charge in [-0.2, -0.15) is 0 Å². The highest BCUT2D eigenvalue weighted by Gasteiger charge is 2.42. The van der Waals surface area contributed by atoms with Crippen molar-refractivity contribution >= 4 is 14.0 Å². The molecule has 1 aromatic rings. The van der Waals surface area contributed by atoms with Gasteiger partial charge in [0, 0.05) is 5.56 Å². The van der Waals surface area contributed by atoms with Crippen molar-refractivity contribution in [1.82, 2.24) is 0 Å². The summed E-state index contributed by atoms with van der Waals surface area (Å²) in [5.41, 5.74) is 6.95. The maximum atomic E-state index is 11.9. The van der Waals surface area contributed by atoms with E-state index in [4.69, 9.17) is 4.74 Å². The molecule has 0 aromatic heterocycles. The number of esters is 1. The van der Waals surface area contributed by atoms with E-state index in [1.54, 1.807) is 0 Å². The van der Waals surface area contributed by atoms with Gasteiger partial charge in [-0.3, -0.25) is 0 Å². The van der Waals surface area contributed by atoms with E-state index in [1.807, 2.05) is 24.3 Å². The fraction of sp³-hybridized carbons (Fsp3) is 0.526. The number of fused-ring (bicyclic) bond motifs is 1. The topological polar surface area (TPSA) is 26.3 Å². The molecule has 22 heavy (non-hydrogen) atoms. The zero-order valence-corrected chi connectivity index (χ0v) is 15.4. The van der Waals surface area contributed by atoms with Gasteiger partial charge in [0.1, 0.15) is 8.07 Å². The van der Waals surface area contributed by atoms with Gasteiger partial charge >= 0.3 is 5.97 Å². The van der Waals surface area contributed by atoms with Crippen molar-refractivity contribution in [2.24, 2.45) is 0 Å². The summed E-state index contributed by atoms with van der Waals surface area (Å²) in [6.07, 6.45) is -0.396. The minimum Gasteiger partial charge on any atom is -0.441 e. The third kappa shape index (κ3) is 2.73. The van der Waals surface area contributed by atoms with Gasteiger partial charge in [0.25, 0.3) is 0 Å². The Morgan fingerprint density at radius 1 is 1.00 bits per heavy atom. The number of carbonyl (C=O) groups excluding carboxylic acids is 1. The SMILES string of the molecule is CC(C)[Si](C#CC1OC(=O)c2ccccc21)(C(C)C)C(C)C. The molecule has 0 fully saturated rings. The van der Waals surface area contributed by atoms with Crippen LogP contribution in [0.5, 0.6) is 0 Å². The highest BCUT2D eigenvalue weighted by atomic mass is 28.3. The zero-order valence-electron chi connectivity index (χ0n) is 14.4. The van der Waals surface area contributed by atoms with Crippen molar-refractivity contribution in [2.45, 2.75) is 64.3 Å². The highest BCUT2D eigenvalue weighted by Crippen LogP contribution is 2.41. The molecular formula is C19H26O2Si. The van der Waals surface area contributed by atoms with E-state index in [2.05, 4.69) is 53.0 Å². The van der Waals surface area contributed by atoms with E-state index in [-0.39, 0.29) is 5.97 Å². The highest BCUT2D eigenvalue weighted by molar-refractivity contribution is 6.90. The van der Waals surface area contributed by atoms with Crippen LogP contribution in [0, 0.1) is 11.5 Å². The summed E-state index contributed by atoms with van der Waals surface area (Å²) < 4.78 is 5.48. The number of hydrogen-bond donors (Lipinski definition) is 0. The van der Waals surface area contributed by atoms with E-state index >= 15 is 0 Å². The van der Waals surface area contributed by atoms with Crippen LogP contribution < -0.4 is 0 Å². The van der Waals surface area contributed by atoms with Crippen LogP contribution in [0.4, 0.5) is 0 Å². The Balaban J connectivity index is 2.42. The third-order valence-electron chi connectivity index (χ3n) is 4.97. The molecule has 1 atom stereocenters. The first-order chi connectivity index (χ1) is 10.3. The lowest BCUT2D eigenvalue weighted by molar-refractivity contribution is 0.0481. The normalized spacial score (nSPS) is 17.5. The minimum absolute atomic E-state index is 0.249. The fourth-order valence-electron chi connectivity index (χ4n) is 3.88. The van der Waals surface area contributed by atoms with Gasteiger partial charge in [-0.1, -0.05) is 65.7 Å². The van der Waals surface area contributed by atoms with E-state index < -0.39 is 14.2 Å². The molecule has 0 saturated carbocycles. The number of ether oxygens (including phenoxy) is 1. The van der Waals surface area contributed by atoms with Crippen molar-refractivity contribution in [2.75, 3.05) is 0 Å². The molecule has 1 aromatic carbocycles. The molecule has 0 saturated heterocycles. The first kappa shape index (κ1) is 16.8. The predicted octanol–water partition coefficient (Wildman–Crippen LogP) is 5.12. The molecule has 0 radical (unpaired) electrons. The first-order valence-electron chi connectivity index (χ1n) is 8.13. The maximum absolute atomic E-state index is 11.9. The van der Waals surface area contributed by atoms with Gasteiger partial charge < -0.3 is 4.74 Å². The Bertz CT molecular complexity index is 598. The standard InChI is InChI=1S/C19H26O2Si/c1-13(2)22(14(3)4,15(5)6)12-11-18-16-9-7-8-10-17(16)19(20)21-18/h7-10,13-15,18H,1-6H3. The van der Waals surface area contributed by atoms with E-state index in [9.17, 15) is 4.79 Å². The van der Waals surface area contributed by atoms with Crippen LogP contribution in [0.2, 0.25) is 16.6 Å². The second-order valence-electron chi connectivity index (χ2n) is 7.04. The second kappa shape index (κ2) is 6.30. The molecule has 2 rings (SSSR count). The average molecular weight is 315 g/mol. The molecule has 0 spiro atoms. The molecule has 0 bridgehead atoms. The van der Waals surface area contributed by atoms with E-state index in [1.165, 1.54) is 0 Å². The summed E-state index contributed by atoms with van der Waals surface area (Å²) in [7, 11) is -1.79. The third-order valence-corrected chi connectivity index (χ3v) is 11.3. The summed E-state index contributed by atoms with van der Waals surface area (Å²) in [5.74, 6) is 3.07. The van der Waals surface area contributed by atoms with Gasteiger partial charge in [0.05, 0.1) is 5.56 Å². The monoisotopic (exact) mass is 314 g/mol. The fourth-order valence-corrected chi connectivity index (χ4v) is 9.12. The lowest BCUT2D eigenvalue weighted by Crippen LogP contribution is -2.43. The number of benzene rings is 1. The summed E-state index contributed by atoms with van der Waals surface area (Å²) in [4.78, 5) is 11.9. The summed E-state index contributed by atoms with van der Waals surface area (Å²) in [5, 5.41) is 0. The molecule has 1 heterocycles. The van der Waals surface area contributed by atoms with Crippen molar-refractivity contribution < 1.29 is 9.53 Å². The summed E-state index contributed by atoms with van der Waals surface area (Å²) in [6.45, 7) is 13.7. The largest absolute Gasteiger partial charge is 0.441 e. The van der Waals surface area contributed by atoms with Gasteiger partial charge in [0.15, 0.2) is 6.10 Å². The Morgan fingerprint density at radius 2 is 1.55 bits per heavy atom. The summed E-state index contributed by atoms with van der Waals surface area (Å²) in [6, 6.07) is 7.57. The molecule has 0 aliphatic carbocycles. The quantitative estimate of drug-likeness (QED) is 0.440. The van der Waals surface area contributed by atoms with E-state index in [0.29, 0.717) is 22.2 Å². The molecule has 2 nitrogen and oxygen atoms in total. The van der Waals surface area contributed by atoms with Crippen LogP contribution in [0.3, 0.4) is 0 Å². The number of cyclic esters (lactones) is 1. The Labute approximate surface area is 135 Å². The van der Waals surface area contributed by atoms with Crippen LogP contribution in [-0.4, -0.2) is 14.0 Å². The van der Waals surface area contributed by atoms with Crippen molar-refractivity contribution in [3.05, 3.63) is 35.4 Å².